The van der Waals surface area contributed by atoms with Crippen molar-refractivity contribution in [3.63, 3.8) is 0 Å². The predicted molar refractivity (Wildman–Crippen MR) is 65.3 cm³/mol. The Labute approximate surface area is 96.9 Å². The molecule has 2 rings (SSSR count). The van der Waals surface area contributed by atoms with Crippen LogP contribution in [0.25, 0.3) is 11.0 Å². The van der Waals surface area contributed by atoms with E-state index in [1.807, 2.05) is 16.0 Å². The van der Waals surface area contributed by atoms with Crippen LogP contribution in [0.1, 0.15) is 5.69 Å². The van der Waals surface area contributed by atoms with Crippen molar-refractivity contribution in [1.29, 1.82) is 0 Å². The summed E-state index contributed by atoms with van der Waals surface area (Å²) in [6.45, 7) is 4.00. The standard InChI is InChI=1S/C11H11N3OS/c1-2-5-12-10(15)4-3-9-8-13-11-14(9)6-7-16-11/h2-4,6-8H,1,5H2,(H,12,15)/b4-3+. The highest BCUT2D eigenvalue weighted by Gasteiger charge is 2.00. The number of imidazole rings is 1. The van der Waals surface area contributed by atoms with Gasteiger partial charge in [-0.3, -0.25) is 9.20 Å². The average Bonchev–Trinajstić information content (AvgIpc) is 2.86. The van der Waals surface area contributed by atoms with Crippen molar-refractivity contribution in [3.05, 3.63) is 42.2 Å². The molecule has 1 N–H and O–H groups in total. The van der Waals surface area contributed by atoms with E-state index in [4.69, 9.17) is 0 Å². The fraction of sp³-hybridized carbons (Fsp3) is 0.0909. The summed E-state index contributed by atoms with van der Waals surface area (Å²) in [7, 11) is 0. The van der Waals surface area contributed by atoms with Gasteiger partial charge in [-0.15, -0.1) is 17.9 Å². The summed E-state index contributed by atoms with van der Waals surface area (Å²) in [5, 5.41) is 4.62. The lowest BCUT2D eigenvalue weighted by atomic mass is 10.4. The second kappa shape index (κ2) is 4.76. The van der Waals surface area contributed by atoms with Crippen LogP contribution in [0.2, 0.25) is 0 Å². The van der Waals surface area contributed by atoms with Crippen molar-refractivity contribution in [2.75, 3.05) is 6.54 Å². The fourth-order valence-corrected chi connectivity index (χ4v) is 1.96. The quantitative estimate of drug-likeness (QED) is 0.645. The molecule has 0 saturated heterocycles. The predicted octanol–water partition coefficient (Wildman–Crippen LogP) is 1.71. The molecular weight excluding hydrogens is 222 g/mol. The third-order valence-corrected chi connectivity index (χ3v) is 2.77. The van der Waals surface area contributed by atoms with Gasteiger partial charge >= 0.3 is 0 Å². The van der Waals surface area contributed by atoms with Gasteiger partial charge in [-0.05, 0) is 6.08 Å². The Morgan fingerprint density at radius 1 is 1.69 bits per heavy atom. The van der Waals surface area contributed by atoms with E-state index in [-0.39, 0.29) is 5.91 Å². The number of rotatable bonds is 4. The summed E-state index contributed by atoms with van der Waals surface area (Å²) < 4.78 is 1.93. The van der Waals surface area contributed by atoms with Gasteiger partial charge in [0, 0.05) is 24.2 Å². The van der Waals surface area contributed by atoms with Crippen molar-refractivity contribution < 1.29 is 4.79 Å². The molecule has 0 radical (unpaired) electrons. The number of amides is 1. The van der Waals surface area contributed by atoms with Gasteiger partial charge < -0.3 is 5.32 Å². The summed E-state index contributed by atoms with van der Waals surface area (Å²) in [6.07, 6.45) is 8.54. The van der Waals surface area contributed by atoms with Crippen molar-refractivity contribution in [1.82, 2.24) is 14.7 Å². The van der Waals surface area contributed by atoms with E-state index in [9.17, 15) is 4.79 Å². The number of fused-ring (bicyclic) bond motifs is 1. The zero-order valence-electron chi connectivity index (χ0n) is 8.59. The van der Waals surface area contributed by atoms with Gasteiger partial charge in [0.2, 0.25) is 5.91 Å². The number of carbonyl (C=O) groups excluding carboxylic acids is 1. The molecule has 5 heteroatoms. The normalized spacial score (nSPS) is 11.0. The molecule has 16 heavy (non-hydrogen) atoms. The van der Waals surface area contributed by atoms with Gasteiger partial charge in [-0.25, -0.2) is 4.98 Å². The molecule has 2 aromatic rings. The minimum Gasteiger partial charge on any atom is -0.349 e. The highest BCUT2D eigenvalue weighted by molar-refractivity contribution is 7.15. The third kappa shape index (κ3) is 2.20. The van der Waals surface area contributed by atoms with Gasteiger partial charge in [0.1, 0.15) is 0 Å². The van der Waals surface area contributed by atoms with Crippen molar-refractivity contribution >= 4 is 28.3 Å². The maximum absolute atomic E-state index is 11.3. The smallest absolute Gasteiger partial charge is 0.244 e. The van der Waals surface area contributed by atoms with Crippen LogP contribution in [0, 0.1) is 0 Å². The first-order chi connectivity index (χ1) is 7.81. The minimum atomic E-state index is -0.134. The summed E-state index contributed by atoms with van der Waals surface area (Å²) >= 11 is 1.56. The lowest BCUT2D eigenvalue weighted by molar-refractivity contribution is -0.116. The number of hydrogen-bond donors (Lipinski definition) is 1. The molecule has 0 spiro atoms. The van der Waals surface area contributed by atoms with Gasteiger partial charge in [0.05, 0.1) is 11.9 Å². The molecule has 4 nitrogen and oxygen atoms in total. The van der Waals surface area contributed by atoms with Gasteiger partial charge in [0.25, 0.3) is 0 Å². The van der Waals surface area contributed by atoms with Crippen molar-refractivity contribution in [2.24, 2.45) is 0 Å². The molecular formula is C11H11N3OS. The third-order valence-electron chi connectivity index (χ3n) is 2.00. The largest absolute Gasteiger partial charge is 0.349 e. The Balaban J connectivity index is 2.09. The van der Waals surface area contributed by atoms with Crippen molar-refractivity contribution in [2.45, 2.75) is 0 Å². The van der Waals surface area contributed by atoms with E-state index < -0.39 is 0 Å². The molecule has 0 saturated carbocycles. The monoisotopic (exact) mass is 233 g/mol. The average molecular weight is 233 g/mol. The summed E-state index contributed by atoms with van der Waals surface area (Å²) in [5.41, 5.74) is 0.894. The van der Waals surface area contributed by atoms with Crippen LogP contribution in [0.3, 0.4) is 0 Å². The maximum Gasteiger partial charge on any atom is 0.244 e. The highest BCUT2D eigenvalue weighted by Crippen LogP contribution is 2.13. The van der Waals surface area contributed by atoms with Crippen LogP contribution in [-0.2, 0) is 4.79 Å². The van der Waals surface area contributed by atoms with E-state index in [1.54, 1.807) is 29.7 Å². The first kappa shape index (κ1) is 10.6. The molecule has 0 aromatic carbocycles. The van der Waals surface area contributed by atoms with Crippen LogP contribution >= 0.6 is 11.3 Å². The number of nitrogens with one attached hydrogen (secondary N) is 1. The van der Waals surface area contributed by atoms with E-state index >= 15 is 0 Å². The summed E-state index contributed by atoms with van der Waals surface area (Å²) in [5.74, 6) is -0.134. The van der Waals surface area contributed by atoms with Gasteiger partial charge in [-0.1, -0.05) is 6.08 Å². The topological polar surface area (TPSA) is 46.4 Å². The zero-order chi connectivity index (χ0) is 11.4. The zero-order valence-corrected chi connectivity index (χ0v) is 9.41. The van der Waals surface area contributed by atoms with Crippen LogP contribution in [-0.4, -0.2) is 21.8 Å². The molecule has 0 atom stereocenters. The Morgan fingerprint density at radius 2 is 2.56 bits per heavy atom. The van der Waals surface area contributed by atoms with E-state index in [2.05, 4.69) is 16.9 Å². The highest BCUT2D eigenvalue weighted by atomic mass is 32.1. The Hall–Kier alpha value is -1.88. The van der Waals surface area contributed by atoms with Gasteiger partial charge in [0.15, 0.2) is 4.96 Å². The number of carbonyl (C=O) groups is 1. The second-order valence-corrected chi connectivity index (χ2v) is 3.98. The molecule has 82 valence electrons. The SMILES string of the molecule is C=CCNC(=O)/C=C/c1cnc2sccn12. The number of hydrogen-bond acceptors (Lipinski definition) is 3. The maximum atomic E-state index is 11.3. The number of nitrogens with zero attached hydrogens (tertiary/aromatic N) is 2. The van der Waals surface area contributed by atoms with Crippen LogP contribution < -0.4 is 5.32 Å². The molecule has 0 fully saturated rings. The second-order valence-electron chi connectivity index (χ2n) is 3.11. The molecule has 2 heterocycles. The molecule has 0 bridgehead atoms. The Morgan fingerprint density at radius 3 is 3.38 bits per heavy atom. The van der Waals surface area contributed by atoms with E-state index in [0.29, 0.717) is 6.54 Å². The van der Waals surface area contributed by atoms with Gasteiger partial charge in [-0.2, -0.15) is 0 Å². The molecule has 0 aliphatic heterocycles. The Kier molecular flexibility index (Phi) is 3.16. The number of aromatic nitrogens is 2. The summed E-state index contributed by atoms with van der Waals surface area (Å²) in [4.78, 5) is 16.4. The van der Waals surface area contributed by atoms with Crippen LogP contribution in [0.15, 0.2) is 36.5 Å². The Bertz CT molecular complexity index is 538. The molecule has 1 amide bonds. The molecule has 0 aliphatic rings. The number of thiazole rings is 1. The van der Waals surface area contributed by atoms with E-state index in [1.165, 1.54) is 6.08 Å². The molecule has 0 unspecified atom stereocenters. The van der Waals surface area contributed by atoms with Crippen LogP contribution in [0.5, 0.6) is 0 Å². The molecule has 2 aromatic heterocycles. The first-order valence-corrected chi connectivity index (χ1v) is 5.66. The molecule has 0 aliphatic carbocycles. The van der Waals surface area contributed by atoms with Crippen LogP contribution in [0.4, 0.5) is 0 Å². The lowest BCUT2D eigenvalue weighted by Crippen LogP contribution is -2.20. The fourth-order valence-electron chi connectivity index (χ4n) is 1.26. The van der Waals surface area contributed by atoms with E-state index in [0.717, 1.165) is 10.7 Å². The van der Waals surface area contributed by atoms with Crippen molar-refractivity contribution in [3.8, 4) is 0 Å². The minimum absolute atomic E-state index is 0.134. The first-order valence-electron chi connectivity index (χ1n) is 4.78. The summed E-state index contributed by atoms with van der Waals surface area (Å²) in [6, 6.07) is 0. The lowest BCUT2D eigenvalue weighted by Gasteiger charge is -1.94.